The molecule has 0 atom stereocenters. The van der Waals surface area contributed by atoms with E-state index in [1.807, 2.05) is 0 Å². The fourth-order valence-electron chi connectivity index (χ4n) is 1.47. The summed E-state index contributed by atoms with van der Waals surface area (Å²) in [5.41, 5.74) is 6.39. The summed E-state index contributed by atoms with van der Waals surface area (Å²) < 4.78 is 0. The number of aromatic nitrogens is 2. The summed E-state index contributed by atoms with van der Waals surface area (Å²) >= 11 is 0. The summed E-state index contributed by atoms with van der Waals surface area (Å²) in [5.74, 6) is -0.139. The van der Waals surface area contributed by atoms with Gasteiger partial charge in [0.2, 0.25) is 5.91 Å². The third-order valence-corrected chi connectivity index (χ3v) is 2.23. The Morgan fingerprint density at radius 2 is 2.19 bits per heavy atom. The van der Waals surface area contributed by atoms with Gasteiger partial charge in [0.1, 0.15) is 0 Å². The zero-order chi connectivity index (χ0) is 11.5. The summed E-state index contributed by atoms with van der Waals surface area (Å²) in [6.07, 6.45) is 0.279. The number of benzene rings is 1. The molecule has 1 amide bonds. The normalized spacial score (nSPS) is 10.6. The van der Waals surface area contributed by atoms with Crippen LogP contribution in [-0.2, 0) is 4.79 Å². The molecule has 0 unspecified atom stereocenters. The van der Waals surface area contributed by atoms with Crippen LogP contribution in [0, 0.1) is 0 Å². The van der Waals surface area contributed by atoms with Gasteiger partial charge < -0.3 is 11.1 Å². The van der Waals surface area contributed by atoms with E-state index in [0.717, 1.165) is 0 Å². The lowest BCUT2D eigenvalue weighted by molar-refractivity contribution is -0.116. The molecule has 0 saturated heterocycles. The maximum Gasteiger partial charge on any atom is 0.271 e. The SMILES string of the molecule is NCCC(=O)Nc1ccc2c(=O)[nH][nH]c2c1. The predicted octanol–water partition coefficient (Wildman–Crippen LogP) is 0.144. The fraction of sp³-hybridized carbons (Fsp3) is 0.200. The van der Waals surface area contributed by atoms with E-state index in [1.165, 1.54) is 0 Å². The molecule has 16 heavy (non-hydrogen) atoms. The lowest BCUT2D eigenvalue weighted by Gasteiger charge is -2.03. The first-order chi connectivity index (χ1) is 7.70. The standard InChI is InChI=1S/C10H12N4O2/c11-4-3-9(15)12-6-1-2-7-8(5-6)13-14-10(7)16/h1-2,5H,3-4,11H2,(H,12,15)(H2,13,14,16). The Morgan fingerprint density at radius 1 is 1.38 bits per heavy atom. The first-order valence-corrected chi connectivity index (χ1v) is 4.91. The molecule has 0 aliphatic heterocycles. The molecule has 0 aliphatic carbocycles. The van der Waals surface area contributed by atoms with Gasteiger partial charge in [-0.15, -0.1) is 0 Å². The molecule has 2 rings (SSSR count). The Balaban J connectivity index is 2.26. The van der Waals surface area contributed by atoms with Crippen LogP contribution in [0.5, 0.6) is 0 Å². The van der Waals surface area contributed by atoms with Crippen LogP contribution in [0.2, 0.25) is 0 Å². The summed E-state index contributed by atoms with van der Waals surface area (Å²) in [4.78, 5) is 22.5. The second-order valence-corrected chi connectivity index (χ2v) is 3.43. The van der Waals surface area contributed by atoms with Crippen molar-refractivity contribution in [2.75, 3.05) is 11.9 Å². The lowest BCUT2D eigenvalue weighted by atomic mass is 10.2. The highest BCUT2D eigenvalue weighted by Crippen LogP contribution is 2.14. The molecule has 1 aromatic heterocycles. The van der Waals surface area contributed by atoms with Gasteiger partial charge in [0.25, 0.3) is 5.56 Å². The molecule has 0 bridgehead atoms. The van der Waals surface area contributed by atoms with E-state index in [0.29, 0.717) is 23.1 Å². The Bertz CT molecular complexity index is 569. The molecule has 0 aliphatic rings. The largest absolute Gasteiger partial charge is 0.330 e. The maximum atomic E-state index is 11.3. The monoisotopic (exact) mass is 220 g/mol. The molecular formula is C10H12N4O2. The highest BCUT2D eigenvalue weighted by Gasteiger charge is 2.04. The molecule has 0 fully saturated rings. The van der Waals surface area contributed by atoms with E-state index in [1.54, 1.807) is 18.2 Å². The van der Waals surface area contributed by atoms with Crippen molar-refractivity contribution >= 4 is 22.5 Å². The van der Waals surface area contributed by atoms with E-state index >= 15 is 0 Å². The average Bonchev–Trinajstić information content (AvgIpc) is 2.60. The van der Waals surface area contributed by atoms with Crippen LogP contribution in [0.15, 0.2) is 23.0 Å². The van der Waals surface area contributed by atoms with Gasteiger partial charge in [-0.25, -0.2) is 0 Å². The first-order valence-electron chi connectivity index (χ1n) is 4.91. The molecule has 1 heterocycles. The smallest absolute Gasteiger partial charge is 0.271 e. The van der Waals surface area contributed by atoms with Gasteiger partial charge in [0, 0.05) is 18.7 Å². The predicted molar refractivity (Wildman–Crippen MR) is 61.2 cm³/mol. The van der Waals surface area contributed by atoms with Gasteiger partial charge in [-0.1, -0.05) is 0 Å². The third kappa shape index (κ3) is 1.96. The van der Waals surface area contributed by atoms with Crippen molar-refractivity contribution in [1.29, 1.82) is 0 Å². The summed E-state index contributed by atoms with van der Waals surface area (Å²) in [6, 6.07) is 5.03. The molecule has 6 heteroatoms. The zero-order valence-corrected chi connectivity index (χ0v) is 8.54. The number of carbonyl (C=O) groups is 1. The number of hydrogen-bond acceptors (Lipinski definition) is 3. The Labute approximate surface area is 90.8 Å². The van der Waals surface area contributed by atoms with Crippen LogP contribution in [0.25, 0.3) is 10.9 Å². The number of nitrogens with two attached hydrogens (primary N) is 1. The van der Waals surface area contributed by atoms with E-state index < -0.39 is 0 Å². The second-order valence-electron chi connectivity index (χ2n) is 3.43. The van der Waals surface area contributed by atoms with Crippen molar-refractivity contribution in [3.05, 3.63) is 28.6 Å². The quantitative estimate of drug-likeness (QED) is 0.591. The lowest BCUT2D eigenvalue weighted by Crippen LogP contribution is -2.16. The molecule has 0 saturated carbocycles. The number of carbonyl (C=O) groups excluding carboxylic acids is 1. The highest BCUT2D eigenvalue weighted by atomic mass is 16.1. The van der Waals surface area contributed by atoms with Crippen LogP contribution in [0.4, 0.5) is 5.69 Å². The molecule has 84 valence electrons. The van der Waals surface area contributed by atoms with Crippen LogP contribution >= 0.6 is 0 Å². The molecule has 0 radical (unpaired) electrons. The number of hydrogen-bond donors (Lipinski definition) is 4. The van der Waals surface area contributed by atoms with Gasteiger partial charge in [-0.3, -0.25) is 19.8 Å². The minimum Gasteiger partial charge on any atom is -0.330 e. The maximum absolute atomic E-state index is 11.3. The molecule has 1 aromatic carbocycles. The Morgan fingerprint density at radius 3 is 2.94 bits per heavy atom. The molecule has 2 aromatic rings. The number of fused-ring (bicyclic) bond motifs is 1. The Hall–Kier alpha value is -2.08. The third-order valence-electron chi connectivity index (χ3n) is 2.23. The van der Waals surface area contributed by atoms with Crippen LogP contribution in [0.1, 0.15) is 6.42 Å². The highest BCUT2D eigenvalue weighted by molar-refractivity contribution is 5.93. The molecule has 6 nitrogen and oxygen atoms in total. The summed E-state index contributed by atoms with van der Waals surface area (Å²) in [6.45, 7) is 0.315. The van der Waals surface area contributed by atoms with Gasteiger partial charge in [-0.05, 0) is 18.2 Å². The Kier molecular flexibility index (Phi) is 2.74. The van der Waals surface area contributed by atoms with Crippen LogP contribution in [0.3, 0.4) is 0 Å². The van der Waals surface area contributed by atoms with E-state index in [9.17, 15) is 9.59 Å². The number of aromatic amines is 2. The van der Waals surface area contributed by atoms with Gasteiger partial charge in [-0.2, -0.15) is 0 Å². The number of rotatable bonds is 3. The number of amides is 1. The van der Waals surface area contributed by atoms with Crippen LogP contribution in [-0.4, -0.2) is 22.6 Å². The summed E-state index contributed by atoms with van der Waals surface area (Å²) in [5, 5.41) is 8.44. The zero-order valence-electron chi connectivity index (χ0n) is 8.54. The average molecular weight is 220 g/mol. The summed E-state index contributed by atoms with van der Waals surface area (Å²) in [7, 11) is 0. The van der Waals surface area contributed by atoms with E-state index in [-0.39, 0.29) is 17.9 Å². The number of anilines is 1. The van der Waals surface area contributed by atoms with Crippen LogP contribution < -0.4 is 16.6 Å². The van der Waals surface area contributed by atoms with Gasteiger partial charge in [0.15, 0.2) is 0 Å². The van der Waals surface area contributed by atoms with Crippen molar-refractivity contribution in [1.82, 2.24) is 10.2 Å². The molecule has 5 N–H and O–H groups in total. The fourth-order valence-corrected chi connectivity index (χ4v) is 1.47. The van der Waals surface area contributed by atoms with E-state index in [4.69, 9.17) is 5.73 Å². The minimum absolute atomic E-state index is 0.139. The van der Waals surface area contributed by atoms with Crippen molar-refractivity contribution < 1.29 is 4.79 Å². The molecule has 0 spiro atoms. The van der Waals surface area contributed by atoms with Gasteiger partial charge >= 0.3 is 0 Å². The topological polar surface area (TPSA) is 104 Å². The van der Waals surface area contributed by atoms with Crippen molar-refractivity contribution in [2.24, 2.45) is 5.73 Å². The van der Waals surface area contributed by atoms with E-state index in [2.05, 4.69) is 15.5 Å². The van der Waals surface area contributed by atoms with Crippen molar-refractivity contribution in [2.45, 2.75) is 6.42 Å². The van der Waals surface area contributed by atoms with Crippen molar-refractivity contribution in [3.63, 3.8) is 0 Å². The second kappa shape index (κ2) is 4.19. The first kappa shape index (κ1) is 10.4. The van der Waals surface area contributed by atoms with Gasteiger partial charge in [0.05, 0.1) is 10.9 Å². The number of nitrogens with one attached hydrogen (secondary N) is 3. The minimum atomic E-state index is -0.171. The van der Waals surface area contributed by atoms with Crippen molar-refractivity contribution in [3.8, 4) is 0 Å². The molecular weight excluding hydrogens is 208 g/mol. The number of H-pyrrole nitrogens is 2.